The summed E-state index contributed by atoms with van der Waals surface area (Å²) in [4.78, 5) is 12.7. The summed E-state index contributed by atoms with van der Waals surface area (Å²) in [7, 11) is 3.13. The molecule has 0 aliphatic rings. The molecule has 0 atom stereocenters. The van der Waals surface area contributed by atoms with Gasteiger partial charge < -0.3 is 19.2 Å². The zero-order chi connectivity index (χ0) is 22.0. The van der Waals surface area contributed by atoms with Crippen LogP contribution in [0.3, 0.4) is 0 Å². The summed E-state index contributed by atoms with van der Waals surface area (Å²) in [6.45, 7) is 10.8. The first-order chi connectivity index (χ1) is 14.3. The van der Waals surface area contributed by atoms with Crippen LogP contribution in [0.25, 0.3) is 0 Å². The molecule has 0 aliphatic heterocycles. The number of anilines is 1. The highest BCUT2D eigenvalue weighted by Gasteiger charge is 2.17. The minimum absolute atomic E-state index is 0.263. The molecule has 1 N–H and O–H groups in total. The lowest BCUT2D eigenvalue weighted by molar-refractivity contribution is 0.0994. The minimum Gasteiger partial charge on any atom is -0.497 e. The molecule has 1 heterocycles. The number of carbonyl (C=O) groups excluding carboxylic acids is 1. The zero-order valence-electron chi connectivity index (χ0n) is 18.7. The molecule has 5 nitrogen and oxygen atoms in total. The molecule has 158 valence electrons. The molecule has 3 aromatic rings. The zero-order valence-corrected chi connectivity index (χ0v) is 18.7. The Labute approximate surface area is 178 Å². The van der Waals surface area contributed by atoms with Crippen molar-refractivity contribution in [3.05, 3.63) is 75.2 Å². The number of amides is 1. The molecule has 1 aromatic heterocycles. The predicted molar refractivity (Wildman–Crippen MR) is 119 cm³/mol. The van der Waals surface area contributed by atoms with E-state index in [2.05, 4.69) is 39.9 Å². The number of ether oxygens (including phenoxy) is 2. The maximum Gasteiger partial charge on any atom is 0.291 e. The first kappa shape index (κ1) is 21.5. The molecule has 0 saturated carbocycles. The molecule has 0 bridgehead atoms. The van der Waals surface area contributed by atoms with Gasteiger partial charge in [0.15, 0.2) is 5.76 Å². The number of rotatable bonds is 6. The van der Waals surface area contributed by atoms with Gasteiger partial charge in [0.1, 0.15) is 17.3 Å². The molecule has 3 rings (SSSR count). The van der Waals surface area contributed by atoms with Gasteiger partial charge in [-0.3, -0.25) is 4.79 Å². The number of hydrogen-bond donors (Lipinski definition) is 1. The highest BCUT2D eigenvalue weighted by atomic mass is 16.5. The van der Waals surface area contributed by atoms with Gasteiger partial charge in [0.25, 0.3) is 5.91 Å². The fourth-order valence-electron chi connectivity index (χ4n) is 3.70. The van der Waals surface area contributed by atoms with Crippen molar-refractivity contribution in [1.29, 1.82) is 0 Å². The predicted octanol–water partition coefficient (Wildman–Crippen LogP) is 5.68. The molecule has 5 heteroatoms. The van der Waals surface area contributed by atoms with Crippen molar-refractivity contribution in [2.75, 3.05) is 19.5 Å². The topological polar surface area (TPSA) is 60.7 Å². The van der Waals surface area contributed by atoms with Crippen LogP contribution in [0.1, 0.15) is 49.7 Å². The van der Waals surface area contributed by atoms with Gasteiger partial charge >= 0.3 is 0 Å². The van der Waals surface area contributed by atoms with Crippen molar-refractivity contribution in [3.8, 4) is 11.5 Å². The lowest BCUT2D eigenvalue weighted by Gasteiger charge is -2.18. The van der Waals surface area contributed by atoms with Crippen molar-refractivity contribution in [1.82, 2.24) is 0 Å². The molecule has 30 heavy (non-hydrogen) atoms. The van der Waals surface area contributed by atoms with E-state index in [1.54, 1.807) is 38.5 Å². The molecule has 0 fully saturated rings. The van der Waals surface area contributed by atoms with E-state index in [-0.39, 0.29) is 11.7 Å². The van der Waals surface area contributed by atoms with Crippen LogP contribution in [0.15, 0.2) is 34.7 Å². The number of hydrogen-bond acceptors (Lipinski definition) is 4. The fraction of sp³-hybridized carbons (Fsp3) is 0.320. The second-order valence-electron chi connectivity index (χ2n) is 7.57. The van der Waals surface area contributed by atoms with Crippen molar-refractivity contribution < 1.29 is 18.7 Å². The Hall–Kier alpha value is -3.21. The van der Waals surface area contributed by atoms with Crippen LogP contribution >= 0.6 is 0 Å². The van der Waals surface area contributed by atoms with E-state index in [9.17, 15) is 4.79 Å². The molecular formula is C25H29NO4. The van der Waals surface area contributed by atoms with E-state index in [1.165, 1.54) is 33.4 Å². The average Bonchev–Trinajstić information content (AvgIpc) is 3.23. The van der Waals surface area contributed by atoms with Gasteiger partial charge in [-0.1, -0.05) is 0 Å². The van der Waals surface area contributed by atoms with Crippen molar-refractivity contribution in [2.45, 2.75) is 41.0 Å². The minimum atomic E-state index is -0.325. The largest absolute Gasteiger partial charge is 0.497 e. The SMILES string of the molecule is COc1ccc(NC(=O)c2ccc(Cc3c(C)c(C)c(C)c(C)c3C)o2)c(OC)c1. The summed E-state index contributed by atoms with van der Waals surface area (Å²) < 4.78 is 16.4. The Morgan fingerprint density at radius 3 is 2.10 bits per heavy atom. The molecule has 0 saturated heterocycles. The van der Waals surface area contributed by atoms with E-state index >= 15 is 0 Å². The van der Waals surface area contributed by atoms with Gasteiger partial charge in [-0.2, -0.15) is 0 Å². The van der Waals surface area contributed by atoms with Crippen LogP contribution < -0.4 is 14.8 Å². The van der Waals surface area contributed by atoms with E-state index in [0.29, 0.717) is 23.6 Å². The second-order valence-corrected chi connectivity index (χ2v) is 7.57. The Morgan fingerprint density at radius 2 is 1.50 bits per heavy atom. The molecular weight excluding hydrogens is 378 g/mol. The van der Waals surface area contributed by atoms with Crippen LogP contribution in [0.4, 0.5) is 5.69 Å². The van der Waals surface area contributed by atoms with Crippen molar-refractivity contribution in [2.24, 2.45) is 0 Å². The summed E-state index contributed by atoms with van der Waals surface area (Å²) in [5.74, 6) is 1.87. The Bertz CT molecular complexity index is 1070. The monoisotopic (exact) mass is 407 g/mol. The van der Waals surface area contributed by atoms with Gasteiger partial charge in [0, 0.05) is 12.5 Å². The summed E-state index contributed by atoms with van der Waals surface area (Å²) in [5, 5.41) is 2.84. The number of carbonyl (C=O) groups is 1. The summed E-state index contributed by atoms with van der Waals surface area (Å²) in [6.07, 6.45) is 0.652. The molecule has 0 aliphatic carbocycles. The Kier molecular flexibility index (Phi) is 6.20. The molecule has 0 unspecified atom stereocenters. The smallest absolute Gasteiger partial charge is 0.291 e. The third-order valence-electron chi connectivity index (χ3n) is 6.05. The first-order valence-electron chi connectivity index (χ1n) is 9.94. The maximum atomic E-state index is 12.7. The maximum absolute atomic E-state index is 12.7. The van der Waals surface area contributed by atoms with Crippen LogP contribution in [0, 0.1) is 34.6 Å². The van der Waals surface area contributed by atoms with Crippen LogP contribution in [0.5, 0.6) is 11.5 Å². The third-order valence-corrected chi connectivity index (χ3v) is 6.05. The molecule has 1 amide bonds. The van der Waals surface area contributed by atoms with Gasteiger partial charge in [0.2, 0.25) is 0 Å². The van der Waals surface area contributed by atoms with Gasteiger partial charge in [-0.15, -0.1) is 0 Å². The summed E-state index contributed by atoms with van der Waals surface area (Å²) >= 11 is 0. The Morgan fingerprint density at radius 1 is 0.867 bits per heavy atom. The average molecular weight is 408 g/mol. The normalized spacial score (nSPS) is 10.8. The number of furan rings is 1. The lowest BCUT2D eigenvalue weighted by atomic mass is 9.88. The van der Waals surface area contributed by atoms with E-state index in [1.807, 2.05) is 6.07 Å². The van der Waals surface area contributed by atoms with Crippen LogP contribution in [0.2, 0.25) is 0 Å². The van der Waals surface area contributed by atoms with Gasteiger partial charge in [-0.05, 0) is 92.3 Å². The van der Waals surface area contributed by atoms with E-state index in [4.69, 9.17) is 13.9 Å². The van der Waals surface area contributed by atoms with Crippen molar-refractivity contribution in [3.63, 3.8) is 0 Å². The fourth-order valence-corrected chi connectivity index (χ4v) is 3.70. The molecule has 2 aromatic carbocycles. The quantitative estimate of drug-likeness (QED) is 0.571. The summed E-state index contributed by atoms with van der Waals surface area (Å²) in [6, 6.07) is 8.79. The van der Waals surface area contributed by atoms with Crippen LogP contribution in [-0.2, 0) is 6.42 Å². The molecule has 0 spiro atoms. The number of nitrogens with one attached hydrogen (secondary N) is 1. The Balaban J connectivity index is 1.82. The highest BCUT2D eigenvalue weighted by molar-refractivity contribution is 6.03. The van der Waals surface area contributed by atoms with E-state index in [0.717, 1.165) is 5.76 Å². The van der Waals surface area contributed by atoms with Gasteiger partial charge in [-0.25, -0.2) is 0 Å². The number of methoxy groups -OCH3 is 2. The molecule has 0 radical (unpaired) electrons. The first-order valence-corrected chi connectivity index (χ1v) is 9.94. The third kappa shape index (κ3) is 4.06. The van der Waals surface area contributed by atoms with E-state index < -0.39 is 0 Å². The van der Waals surface area contributed by atoms with Crippen LogP contribution in [-0.4, -0.2) is 20.1 Å². The lowest BCUT2D eigenvalue weighted by Crippen LogP contribution is -2.11. The number of benzene rings is 2. The van der Waals surface area contributed by atoms with Crippen molar-refractivity contribution >= 4 is 11.6 Å². The highest BCUT2D eigenvalue weighted by Crippen LogP contribution is 2.30. The summed E-state index contributed by atoms with van der Waals surface area (Å²) in [5.41, 5.74) is 8.32. The standard InChI is InChI=1S/C25H29NO4/c1-14-15(2)17(4)21(18(5)16(14)3)12-20-9-11-23(30-20)25(27)26-22-10-8-19(28-6)13-24(22)29-7/h8-11,13H,12H2,1-7H3,(H,26,27). The second kappa shape index (κ2) is 8.66. The van der Waals surface area contributed by atoms with Gasteiger partial charge in [0.05, 0.1) is 19.9 Å².